The van der Waals surface area contributed by atoms with E-state index in [0.717, 1.165) is 0 Å². The summed E-state index contributed by atoms with van der Waals surface area (Å²) in [6, 6.07) is 1.25. The van der Waals surface area contributed by atoms with Gasteiger partial charge in [-0.1, -0.05) is 13.3 Å². The molecule has 5 heteroatoms. The normalized spacial score (nSPS) is 12.9. The van der Waals surface area contributed by atoms with Gasteiger partial charge in [-0.3, -0.25) is 0 Å². The second kappa shape index (κ2) is 6.13. The van der Waals surface area contributed by atoms with Crippen LogP contribution in [-0.2, 0) is 8.23 Å². The van der Waals surface area contributed by atoms with Crippen LogP contribution in [0.1, 0.15) is 13.3 Å². The maximum absolute atomic E-state index is 6.04. The van der Waals surface area contributed by atoms with Crippen LogP contribution in [0.4, 0.5) is 0 Å². The quantitative estimate of drug-likeness (QED) is 0.659. The Hall–Kier alpha value is 0.571. The molecule has 0 atom stereocenters. The summed E-state index contributed by atoms with van der Waals surface area (Å²) in [6.45, 7) is 13.3. The summed E-state index contributed by atoms with van der Waals surface area (Å²) < 4.78 is 11.8. The molecule has 0 bridgehead atoms. The van der Waals surface area contributed by atoms with E-state index in [1.54, 1.807) is 0 Å². The molecule has 0 fully saturated rings. The fourth-order valence-corrected chi connectivity index (χ4v) is 9.40. The molecule has 0 aromatic heterocycles. The van der Waals surface area contributed by atoms with E-state index in [2.05, 4.69) is 39.7 Å². The summed E-state index contributed by atoms with van der Waals surface area (Å²) in [6.07, 6.45) is 1.23. The van der Waals surface area contributed by atoms with Crippen molar-refractivity contribution in [3.05, 3.63) is 0 Å². The third-order valence-electron chi connectivity index (χ3n) is 1.67. The Morgan fingerprint density at radius 2 is 1.85 bits per heavy atom. The Morgan fingerprint density at radius 3 is 2.23 bits per heavy atom. The molecule has 0 aromatic carbocycles. The molecule has 0 saturated carbocycles. The average molecular weight is 236 g/mol. The van der Waals surface area contributed by atoms with Crippen molar-refractivity contribution in [1.29, 1.82) is 0 Å². The van der Waals surface area contributed by atoms with Gasteiger partial charge >= 0.3 is 9.28 Å². The van der Waals surface area contributed by atoms with E-state index in [-0.39, 0.29) is 0 Å². The van der Waals surface area contributed by atoms with Crippen LogP contribution in [0.15, 0.2) is 0 Å². The second-order valence-electron chi connectivity index (χ2n) is 4.27. The van der Waals surface area contributed by atoms with Crippen molar-refractivity contribution in [3.63, 3.8) is 0 Å². The molecular weight excluding hydrogens is 212 g/mol. The lowest BCUT2D eigenvalue weighted by atomic mass is 10.6. The van der Waals surface area contributed by atoms with Crippen molar-refractivity contribution in [2.24, 2.45) is 0 Å². The van der Waals surface area contributed by atoms with Crippen LogP contribution in [0.2, 0.25) is 38.8 Å². The Balaban J connectivity index is 3.81. The first-order valence-corrected chi connectivity index (χ1v) is 12.8. The van der Waals surface area contributed by atoms with Crippen molar-refractivity contribution < 1.29 is 8.23 Å². The third-order valence-corrected chi connectivity index (χ3v) is 9.95. The first kappa shape index (κ1) is 13.6. The molecule has 0 N–H and O–H groups in total. The lowest BCUT2D eigenvalue weighted by molar-refractivity contribution is 0.433. The lowest BCUT2D eigenvalue weighted by Gasteiger charge is -2.26. The maximum Gasteiger partial charge on any atom is 0.359 e. The molecule has 0 saturated heterocycles. The van der Waals surface area contributed by atoms with Gasteiger partial charge in [0.1, 0.15) is 0 Å². The Bertz CT molecular complexity index is 139. The standard InChI is InChI=1S/C8H23O2Si3/c1-7-8-13(5,6)10-12(4)9-11(2)3/h11H,7-8H2,1-6H3. The smallest absolute Gasteiger partial charge is 0.359 e. The van der Waals surface area contributed by atoms with Crippen LogP contribution in [0.25, 0.3) is 0 Å². The summed E-state index contributed by atoms with van der Waals surface area (Å²) in [4.78, 5) is 0. The number of rotatable bonds is 6. The van der Waals surface area contributed by atoms with Crippen LogP contribution in [0, 0.1) is 0 Å². The fourth-order valence-electron chi connectivity index (χ4n) is 1.40. The van der Waals surface area contributed by atoms with E-state index in [0.29, 0.717) is 0 Å². The molecule has 0 aliphatic rings. The average Bonchev–Trinajstić information content (AvgIpc) is 1.81. The minimum Gasteiger partial charge on any atom is -0.439 e. The highest BCUT2D eigenvalue weighted by Gasteiger charge is 2.25. The summed E-state index contributed by atoms with van der Waals surface area (Å²) >= 11 is 0. The van der Waals surface area contributed by atoms with Crippen LogP contribution < -0.4 is 0 Å². The number of hydrogen-bond acceptors (Lipinski definition) is 2. The van der Waals surface area contributed by atoms with Gasteiger partial charge in [-0.05, 0) is 38.8 Å². The Morgan fingerprint density at radius 1 is 1.31 bits per heavy atom. The molecule has 0 amide bonds. The molecular formula is C8H23O2Si3. The van der Waals surface area contributed by atoms with E-state index in [4.69, 9.17) is 8.23 Å². The predicted octanol–water partition coefficient (Wildman–Crippen LogP) is 2.74. The van der Waals surface area contributed by atoms with Gasteiger partial charge in [-0.2, -0.15) is 0 Å². The molecule has 0 aliphatic heterocycles. The van der Waals surface area contributed by atoms with Gasteiger partial charge in [0.05, 0.1) is 0 Å². The zero-order valence-corrected chi connectivity index (χ0v) is 13.0. The summed E-state index contributed by atoms with van der Waals surface area (Å²) in [5.74, 6) is 0. The summed E-state index contributed by atoms with van der Waals surface area (Å²) in [7, 11) is -3.23. The minimum absolute atomic E-state index is 0.895. The monoisotopic (exact) mass is 235 g/mol. The van der Waals surface area contributed by atoms with Gasteiger partial charge in [0, 0.05) is 0 Å². The highest BCUT2D eigenvalue weighted by Crippen LogP contribution is 2.15. The van der Waals surface area contributed by atoms with E-state index in [9.17, 15) is 0 Å². The Kier molecular flexibility index (Phi) is 6.40. The van der Waals surface area contributed by atoms with Crippen LogP contribution >= 0.6 is 0 Å². The highest BCUT2D eigenvalue weighted by molar-refractivity contribution is 6.78. The van der Waals surface area contributed by atoms with Crippen LogP contribution in [0.3, 0.4) is 0 Å². The fraction of sp³-hybridized carbons (Fsp3) is 1.00. The van der Waals surface area contributed by atoms with Crippen LogP contribution in [-0.4, -0.2) is 26.6 Å². The maximum atomic E-state index is 6.04. The molecule has 0 heterocycles. The van der Waals surface area contributed by atoms with E-state index < -0.39 is 26.6 Å². The third kappa shape index (κ3) is 7.63. The lowest BCUT2D eigenvalue weighted by Crippen LogP contribution is -2.39. The second-order valence-corrected chi connectivity index (χ2v) is 13.1. The summed E-state index contributed by atoms with van der Waals surface area (Å²) in [5.41, 5.74) is 0. The molecule has 0 rings (SSSR count). The molecule has 79 valence electrons. The molecule has 0 aliphatic carbocycles. The van der Waals surface area contributed by atoms with Gasteiger partial charge < -0.3 is 8.23 Å². The molecule has 1 radical (unpaired) electrons. The van der Waals surface area contributed by atoms with Crippen LogP contribution in [0.5, 0.6) is 0 Å². The number of hydrogen-bond donors (Lipinski definition) is 0. The van der Waals surface area contributed by atoms with Crippen molar-refractivity contribution in [2.75, 3.05) is 0 Å². The zero-order chi connectivity index (χ0) is 10.5. The predicted molar refractivity (Wildman–Crippen MR) is 65.2 cm³/mol. The van der Waals surface area contributed by atoms with Crippen molar-refractivity contribution in [3.8, 4) is 0 Å². The largest absolute Gasteiger partial charge is 0.439 e. The van der Waals surface area contributed by atoms with Gasteiger partial charge in [0.2, 0.25) is 0 Å². The van der Waals surface area contributed by atoms with Crippen molar-refractivity contribution in [2.45, 2.75) is 52.1 Å². The molecule has 2 nitrogen and oxygen atoms in total. The molecule has 0 aromatic rings. The van der Waals surface area contributed by atoms with Crippen molar-refractivity contribution in [1.82, 2.24) is 0 Å². The Labute approximate surface area is 87.4 Å². The van der Waals surface area contributed by atoms with Gasteiger partial charge in [0.25, 0.3) is 0 Å². The van der Waals surface area contributed by atoms with Crippen molar-refractivity contribution >= 4 is 26.6 Å². The summed E-state index contributed by atoms with van der Waals surface area (Å²) in [5, 5.41) is 0. The first-order chi connectivity index (χ1) is 5.87. The minimum atomic E-state index is -1.39. The first-order valence-electron chi connectivity index (χ1n) is 5.06. The van der Waals surface area contributed by atoms with Gasteiger partial charge in [-0.15, -0.1) is 0 Å². The van der Waals surface area contributed by atoms with Gasteiger partial charge in [-0.25, -0.2) is 0 Å². The SMILES string of the molecule is CCC[Si](C)(C)O[Si](C)O[SiH](C)C. The topological polar surface area (TPSA) is 18.5 Å². The molecule has 0 unspecified atom stereocenters. The zero-order valence-electron chi connectivity index (χ0n) is 9.81. The van der Waals surface area contributed by atoms with Gasteiger partial charge in [0.15, 0.2) is 17.4 Å². The molecule has 13 heavy (non-hydrogen) atoms. The molecule has 0 spiro atoms. The van der Waals surface area contributed by atoms with E-state index >= 15 is 0 Å². The van der Waals surface area contributed by atoms with E-state index in [1.165, 1.54) is 12.5 Å². The van der Waals surface area contributed by atoms with E-state index in [1.807, 2.05) is 0 Å². The highest BCUT2D eigenvalue weighted by atomic mass is 28.4.